The van der Waals surface area contributed by atoms with Crippen molar-refractivity contribution in [1.29, 1.82) is 0 Å². The second-order valence-electron chi connectivity index (χ2n) is 7.93. The average molecular weight is 389 g/mol. The quantitative estimate of drug-likeness (QED) is 0.527. The van der Waals surface area contributed by atoms with Gasteiger partial charge in [0, 0.05) is 10.9 Å². The lowest BCUT2D eigenvalue weighted by molar-refractivity contribution is 0.173. The molecule has 4 aromatic rings. The number of aromatic amines is 2. The number of piperidine rings is 1. The number of halogens is 1. The summed E-state index contributed by atoms with van der Waals surface area (Å²) in [6.45, 7) is 2.94. The van der Waals surface area contributed by atoms with Crippen LogP contribution in [0.1, 0.15) is 24.2 Å². The van der Waals surface area contributed by atoms with Gasteiger partial charge in [0.1, 0.15) is 11.6 Å². The highest BCUT2D eigenvalue weighted by atomic mass is 19.1. The van der Waals surface area contributed by atoms with Gasteiger partial charge in [-0.1, -0.05) is 30.3 Å². The minimum Gasteiger partial charge on any atom is -0.352 e. The van der Waals surface area contributed by atoms with Crippen molar-refractivity contribution in [3.63, 3.8) is 0 Å². The number of H-pyrrole nitrogens is 2. The zero-order valence-corrected chi connectivity index (χ0v) is 16.2. The number of fused-ring (bicyclic) bond motifs is 1. The molecule has 1 fully saturated rings. The summed E-state index contributed by atoms with van der Waals surface area (Å²) in [5, 5.41) is 8.24. The minimum absolute atomic E-state index is 0.241. The number of hydrogen-bond donors (Lipinski definition) is 2. The lowest BCUT2D eigenvalue weighted by atomic mass is 9.90. The molecule has 2 aromatic heterocycles. The van der Waals surface area contributed by atoms with Gasteiger partial charge >= 0.3 is 0 Å². The highest BCUT2D eigenvalue weighted by molar-refractivity contribution is 5.84. The molecule has 2 N–H and O–H groups in total. The minimum atomic E-state index is -0.241. The maximum Gasteiger partial charge on any atom is 0.197 e. The second-order valence-corrected chi connectivity index (χ2v) is 7.93. The highest BCUT2D eigenvalue weighted by Crippen LogP contribution is 2.24. The molecule has 1 aliphatic heterocycles. The third kappa shape index (κ3) is 4.07. The van der Waals surface area contributed by atoms with Crippen LogP contribution in [0.2, 0.25) is 0 Å². The molecule has 0 saturated carbocycles. The van der Waals surface area contributed by atoms with Gasteiger partial charge in [-0.3, -0.25) is 10.00 Å². The van der Waals surface area contributed by atoms with Gasteiger partial charge in [-0.15, -0.1) is 0 Å². The van der Waals surface area contributed by atoms with Crippen molar-refractivity contribution < 1.29 is 4.39 Å². The van der Waals surface area contributed by atoms with E-state index in [1.165, 1.54) is 37.0 Å². The molecule has 5 nitrogen and oxygen atoms in total. The fraction of sp³-hybridized carbons (Fsp3) is 0.304. The molecule has 0 radical (unpaired) electrons. The van der Waals surface area contributed by atoms with Crippen LogP contribution in [0.25, 0.3) is 22.4 Å². The predicted octanol–water partition coefficient (Wildman–Crippen LogP) is 4.55. The van der Waals surface area contributed by atoms with Gasteiger partial charge in [0.25, 0.3) is 0 Å². The Hall–Kier alpha value is -2.99. The van der Waals surface area contributed by atoms with Crippen LogP contribution in [-0.2, 0) is 13.0 Å². The zero-order valence-electron chi connectivity index (χ0n) is 16.2. The van der Waals surface area contributed by atoms with Gasteiger partial charge in [0.05, 0.1) is 12.2 Å². The third-order valence-corrected chi connectivity index (χ3v) is 5.80. The van der Waals surface area contributed by atoms with Crippen molar-refractivity contribution in [3.05, 3.63) is 71.8 Å². The summed E-state index contributed by atoms with van der Waals surface area (Å²) < 4.78 is 13.4. The summed E-state index contributed by atoms with van der Waals surface area (Å²) in [5.74, 6) is 2.00. The Balaban J connectivity index is 1.19. The lowest BCUT2D eigenvalue weighted by Gasteiger charge is -2.31. The lowest BCUT2D eigenvalue weighted by Crippen LogP contribution is -2.34. The van der Waals surface area contributed by atoms with Gasteiger partial charge in [-0.25, -0.2) is 9.37 Å². The maximum atomic E-state index is 13.4. The van der Waals surface area contributed by atoms with E-state index in [4.69, 9.17) is 0 Å². The van der Waals surface area contributed by atoms with Crippen molar-refractivity contribution in [2.24, 2.45) is 5.92 Å². The Morgan fingerprint density at radius 2 is 1.86 bits per heavy atom. The van der Waals surface area contributed by atoms with E-state index in [2.05, 4.69) is 55.4 Å². The van der Waals surface area contributed by atoms with Crippen LogP contribution in [0.5, 0.6) is 0 Å². The van der Waals surface area contributed by atoms with Crippen molar-refractivity contribution in [3.8, 4) is 11.5 Å². The molecule has 0 atom stereocenters. The fourth-order valence-corrected chi connectivity index (χ4v) is 4.22. The molecule has 0 aliphatic carbocycles. The first kappa shape index (κ1) is 18.1. The number of rotatable bonds is 5. The second kappa shape index (κ2) is 7.79. The largest absolute Gasteiger partial charge is 0.352 e. The van der Waals surface area contributed by atoms with Gasteiger partial charge in [-0.2, -0.15) is 5.10 Å². The number of aromatic nitrogens is 4. The Morgan fingerprint density at radius 3 is 2.69 bits per heavy atom. The SMILES string of the molecule is Fc1ccc2[nH]c(-c3n[nH]c(CN4CCC(Cc5ccccc5)CC4)n3)cc2c1. The summed E-state index contributed by atoms with van der Waals surface area (Å²) in [6.07, 6.45) is 3.59. The molecule has 3 heterocycles. The Bertz CT molecular complexity index is 1090. The molecule has 0 amide bonds. The molecule has 29 heavy (non-hydrogen) atoms. The van der Waals surface area contributed by atoms with E-state index in [9.17, 15) is 4.39 Å². The monoisotopic (exact) mass is 389 g/mol. The van der Waals surface area contributed by atoms with E-state index in [-0.39, 0.29) is 5.82 Å². The summed E-state index contributed by atoms with van der Waals surface area (Å²) in [5.41, 5.74) is 3.12. The number of nitrogens with zero attached hydrogens (tertiary/aromatic N) is 3. The van der Waals surface area contributed by atoms with E-state index in [1.807, 2.05) is 6.07 Å². The van der Waals surface area contributed by atoms with Crippen LogP contribution in [0.15, 0.2) is 54.6 Å². The van der Waals surface area contributed by atoms with Gasteiger partial charge in [0.15, 0.2) is 5.82 Å². The van der Waals surface area contributed by atoms with Crippen molar-refractivity contribution in [2.45, 2.75) is 25.8 Å². The van der Waals surface area contributed by atoms with Crippen molar-refractivity contribution >= 4 is 10.9 Å². The van der Waals surface area contributed by atoms with E-state index in [0.29, 0.717) is 5.82 Å². The van der Waals surface area contributed by atoms with Gasteiger partial charge in [-0.05, 0) is 68.1 Å². The summed E-state index contributed by atoms with van der Waals surface area (Å²) in [4.78, 5) is 10.3. The number of likely N-dealkylation sites (tertiary alicyclic amines) is 1. The predicted molar refractivity (Wildman–Crippen MR) is 112 cm³/mol. The van der Waals surface area contributed by atoms with E-state index in [1.54, 1.807) is 6.07 Å². The van der Waals surface area contributed by atoms with Gasteiger partial charge in [0.2, 0.25) is 0 Å². The topological polar surface area (TPSA) is 60.6 Å². The van der Waals surface area contributed by atoms with Crippen LogP contribution in [0.3, 0.4) is 0 Å². The Kier molecular flexibility index (Phi) is 4.86. The molecule has 1 aliphatic rings. The molecule has 6 heteroatoms. The van der Waals surface area contributed by atoms with Crippen LogP contribution in [0.4, 0.5) is 4.39 Å². The van der Waals surface area contributed by atoms with E-state index < -0.39 is 0 Å². The first-order valence-corrected chi connectivity index (χ1v) is 10.2. The van der Waals surface area contributed by atoms with Crippen LogP contribution < -0.4 is 0 Å². The maximum absolute atomic E-state index is 13.4. The summed E-state index contributed by atoms with van der Waals surface area (Å²) in [7, 11) is 0. The Morgan fingerprint density at radius 1 is 1.03 bits per heavy atom. The highest BCUT2D eigenvalue weighted by Gasteiger charge is 2.20. The van der Waals surface area contributed by atoms with Crippen LogP contribution >= 0.6 is 0 Å². The van der Waals surface area contributed by atoms with Crippen molar-refractivity contribution in [2.75, 3.05) is 13.1 Å². The molecular weight excluding hydrogens is 365 g/mol. The normalized spacial score (nSPS) is 15.9. The molecule has 1 saturated heterocycles. The van der Waals surface area contributed by atoms with Gasteiger partial charge < -0.3 is 4.98 Å². The molecular formula is C23H24FN5. The molecule has 0 bridgehead atoms. The molecule has 148 valence electrons. The third-order valence-electron chi connectivity index (χ3n) is 5.80. The molecule has 0 spiro atoms. The van der Waals surface area contributed by atoms with Crippen LogP contribution in [0, 0.1) is 11.7 Å². The average Bonchev–Trinajstić information content (AvgIpc) is 3.37. The molecule has 2 aromatic carbocycles. The standard InChI is InChI=1S/C23H24FN5/c24-19-6-7-20-18(13-19)14-21(25-20)23-26-22(27-28-23)15-29-10-8-17(9-11-29)12-16-4-2-1-3-5-16/h1-7,13-14,17,25H,8-12,15H2,(H,26,27,28). The number of nitrogens with one attached hydrogen (secondary N) is 2. The number of hydrogen-bond acceptors (Lipinski definition) is 3. The van der Waals surface area contributed by atoms with E-state index in [0.717, 1.165) is 48.0 Å². The summed E-state index contributed by atoms with van der Waals surface area (Å²) >= 11 is 0. The first-order chi connectivity index (χ1) is 14.2. The smallest absolute Gasteiger partial charge is 0.197 e. The number of benzene rings is 2. The molecule has 0 unspecified atom stereocenters. The summed E-state index contributed by atoms with van der Waals surface area (Å²) in [6, 6.07) is 17.4. The van der Waals surface area contributed by atoms with Crippen molar-refractivity contribution in [1.82, 2.24) is 25.1 Å². The fourth-order valence-electron chi connectivity index (χ4n) is 4.22. The zero-order chi connectivity index (χ0) is 19.6. The molecule has 5 rings (SSSR count). The first-order valence-electron chi connectivity index (χ1n) is 10.2. The van der Waals surface area contributed by atoms with E-state index >= 15 is 0 Å². The van der Waals surface area contributed by atoms with Crippen LogP contribution in [-0.4, -0.2) is 38.2 Å². The Labute approximate surface area is 169 Å².